The van der Waals surface area contributed by atoms with E-state index in [0.717, 1.165) is 18.9 Å². The van der Waals surface area contributed by atoms with E-state index >= 15 is 0 Å². The standard InChI is InChI=1S/C14H20N4O2/c15-12-9-20-8-11(12)14(19)17-10-3-4-13(16-7-10)18-5-1-2-6-18/h3-4,7,11-12H,1-2,5-6,8-9,15H2,(H,17,19). The SMILES string of the molecule is NC1COCC1C(=O)Nc1ccc(N2CCCC2)nc1. The van der Waals surface area contributed by atoms with Crippen molar-refractivity contribution in [3.8, 4) is 0 Å². The zero-order valence-electron chi connectivity index (χ0n) is 11.4. The summed E-state index contributed by atoms with van der Waals surface area (Å²) in [5.74, 6) is 0.611. The normalized spacial score (nSPS) is 25.9. The summed E-state index contributed by atoms with van der Waals surface area (Å²) < 4.78 is 5.21. The molecule has 2 aliphatic rings. The predicted molar refractivity (Wildman–Crippen MR) is 76.6 cm³/mol. The molecule has 20 heavy (non-hydrogen) atoms. The molecule has 3 heterocycles. The monoisotopic (exact) mass is 276 g/mol. The molecule has 0 saturated carbocycles. The van der Waals surface area contributed by atoms with E-state index in [-0.39, 0.29) is 17.9 Å². The molecule has 6 heteroatoms. The number of nitrogens with one attached hydrogen (secondary N) is 1. The van der Waals surface area contributed by atoms with Gasteiger partial charge in [0.05, 0.1) is 31.0 Å². The Balaban J connectivity index is 1.61. The van der Waals surface area contributed by atoms with Crippen LogP contribution in [-0.4, -0.2) is 43.2 Å². The van der Waals surface area contributed by atoms with Crippen molar-refractivity contribution in [2.75, 3.05) is 36.5 Å². The van der Waals surface area contributed by atoms with Gasteiger partial charge in [0.1, 0.15) is 5.82 Å². The molecule has 3 rings (SSSR count). The molecule has 2 aliphatic heterocycles. The summed E-state index contributed by atoms with van der Waals surface area (Å²) >= 11 is 0. The Bertz CT molecular complexity index is 471. The Morgan fingerprint density at radius 2 is 2.15 bits per heavy atom. The third-order valence-electron chi connectivity index (χ3n) is 3.91. The third-order valence-corrected chi connectivity index (χ3v) is 3.91. The van der Waals surface area contributed by atoms with Crippen molar-refractivity contribution in [1.29, 1.82) is 0 Å². The van der Waals surface area contributed by atoms with Gasteiger partial charge in [-0.25, -0.2) is 4.98 Å². The lowest BCUT2D eigenvalue weighted by Gasteiger charge is -2.17. The third kappa shape index (κ3) is 2.76. The topological polar surface area (TPSA) is 80.5 Å². The van der Waals surface area contributed by atoms with Gasteiger partial charge in [0.2, 0.25) is 5.91 Å². The summed E-state index contributed by atoms with van der Waals surface area (Å²) in [4.78, 5) is 18.7. The predicted octanol–water partition coefficient (Wildman–Crippen LogP) is 0.594. The number of nitrogens with two attached hydrogens (primary N) is 1. The van der Waals surface area contributed by atoms with Crippen molar-refractivity contribution in [3.63, 3.8) is 0 Å². The number of hydrogen-bond donors (Lipinski definition) is 2. The molecule has 2 atom stereocenters. The fraction of sp³-hybridized carbons (Fsp3) is 0.571. The highest BCUT2D eigenvalue weighted by molar-refractivity contribution is 5.93. The van der Waals surface area contributed by atoms with Gasteiger partial charge in [-0.05, 0) is 25.0 Å². The zero-order chi connectivity index (χ0) is 13.9. The maximum Gasteiger partial charge on any atom is 0.231 e. The highest BCUT2D eigenvalue weighted by Gasteiger charge is 2.31. The van der Waals surface area contributed by atoms with Gasteiger partial charge >= 0.3 is 0 Å². The molecule has 1 amide bonds. The molecule has 2 saturated heterocycles. The number of carbonyl (C=O) groups excluding carboxylic acids is 1. The van der Waals surface area contributed by atoms with E-state index in [2.05, 4.69) is 15.2 Å². The van der Waals surface area contributed by atoms with Crippen LogP contribution in [0.2, 0.25) is 0 Å². The second-order valence-corrected chi connectivity index (χ2v) is 5.40. The second-order valence-electron chi connectivity index (χ2n) is 5.40. The van der Waals surface area contributed by atoms with Gasteiger partial charge in [0.15, 0.2) is 0 Å². The van der Waals surface area contributed by atoms with E-state index < -0.39 is 0 Å². The average Bonchev–Trinajstić information content (AvgIpc) is 3.10. The van der Waals surface area contributed by atoms with Gasteiger partial charge in [-0.2, -0.15) is 0 Å². The first-order valence-corrected chi connectivity index (χ1v) is 7.09. The number of carbonyl (C=O) groups is 1. The summed E-state index contributed by atoms with van der Waals surface area (Å²) in [6.45, 7) is 2.97. The van der Waals surface area contributed by atoms with E-state index in [0.29, 0.717) is 18.9 Å². The molecule has 108 valence electrons. The first kappa shape index (κ1) is 13.3. The van der Waals surface area contributed by atoms with Gasteiger partial charge in [-0.15, -0.1) is 0 Å². The Hall–Kier alpha value is -1.66. The second kappa shape index (κ2) is 5.76. The first-order chi connectivity index (χ1) is 9.74. The van der Waals surface area contributed by atoms with Crippen molar-refractivity contribution in [2.24, 2.45) is 11.7 Å². The fourth-order valence-electron chi connectivity index (χ4n) is 2.67. The molecule has 1 aromatic rings. The summed E-state index contributed by atoms with van der Waals surface area (Å²) in [5.41, 5.74) is 6.54. The van der Waals surface area contributed by atoms with Crippen molar-refractivity contribution in [2.45, 2.75) is 18.9 Å². The lowest BCUT2D eigenvalue weighted by molar-refractivity contribution is -0.120. The van der Waals surface area contributed by atoms with Gasteiger partial charge in [0.25, 0.3) is 0 Å². The van der Waals surface area contributed by atoms with Crippen molar-refractivity contribution >= 4 is 17.4 Å². The lowest BCUT2D eigenvalue weighted by Crippen LogP contribution is -2.37. The number of pyridine rings is 1. The van der Waals surface area contributed by atoms with Gasteiger partial charge in [-0.1, -0.05) is 0 Å². The Morgan fingerprint density at radius 3 is 2.75 bits per heavy atom. The van der Waals surface area contributed by atoms with Crippen molar-refractivity contribution < 1.29 is 9.53 Å². The van der Waals surface area contributed by atoms with Crippen molar-refractivity contribution in [3.05, 3.63) is 18.3 Å². The number of rotatable bonds is 3. The number of anilines is 2. The van der Waals surface area contributed by atoms with E-state index in [4.69, 9.17) is 10.5 Å². The summed E-state index contributed by atoms with van der Waals surface area (Å²) in [7, 11) is 0. The van der Waals surface area contributed by atoms with Crippen LogP contribution in [0.3, 0.4) is 0 Å². The zero-order valence-corrected chi connectivity index (χ0v) is 11.4. The first-order valence-electron chi connectivity index (χ1n) is 7.09. The fourth-order valence-corrected chi connectivity index (χ4v) is 2.67. The number of aromatic nitrogens is 1. The number of amides is 1. The summed E-state index contributed by atoms with van der Waals surface area (Å²) in [6, 6.07) is 3.62. The average molecular weight is 276 g/mol. The van der Waals surface area contributed by atoms with Crippen LogP contribution in [0.1, 0.15) is 12.8 Å². The minimum Gasteiger partial charge on any atom is -0.379 e. The number of nitrogens with zero attached hydrogens (tertiary/aromatic N) is 2. The van der Waals surface area contributed by atoms with Crippen LogP contribution >= 0.6 is 0 Å². The van der Waals surface area contributed by atoms with Crippen LogP contribution in [0, 0.1) is 5.92 Å². The van der Waals surface area contributed by atoms with Gasteiger partial charge < -0.3 is 20.7 Å². The van der Waals surface area contributed by atoms with Crippen LogP contribution in [0.5, 0.6) is 0 Å². The molecule has 0 aromatic carbocycles. The van der Waals surface area contributed by atoms with E-state index in [1.807, 2.05) is 12.1 Å². The number of ether oxygens (including phenoxy) is 1. The smallest absolute Gasteiger partial charge is 0.231 e. The quantitative estimate of drug-likeness (QED) is 0.844. The van der Waals surface area contributed by atoms with Crippen LogP contribution in [0.4, 0.5) is 11.5 Å². The highest BCUT2D eigenvalue weighted by atomic mass is 16.5. The molecule has 0 radical (unpaired) electrons. The number of hydrogen-bond acceptors (Lipinski definition) is 5. The van der Waals surface area contributed by atoms with Crippen LogP contribution in [-0.2, 0) is 9.53 Å². The molecule has 0 bridgehead atoms. The van der Waals surface area contributed by atoms with E-state index in [9.17, 15) is 4.79 Å². The van der Waals surface area contributed by atoms with Crippen LogP contribution in [0.25, 0.3) is 0 Å². The minimum absolute atomic E-state index is 0.0919. The molecule has 0 spiro atoms. The molecule has 2 fully saturated rings. The van der Waals surface area contributed by atoms with Crippen molar-refractivity contribution in [1.82, 2.24) is 4.98 Å². The van der Waals surface area contributed by atoms with Crippen LogP contribution < -0.4 is 16.0 Å². The molecular formula is C14H20N4O2. The molecule has 2 unspecified atom stereocenters. The Labute approximate surface area is 118 Å². The maximum absolute atomic E-state index is 12.1. The minimum atomic E-state index is -0.270. The largest absolute Gasteiger partial charge is 0.379 e. The lowest BCUT2D eigenvalue weighted by atomic mass is 10.0. The maximum atomic E-state index is 12.1. The Morgan fingerprint density at radius 1 is 1.35 bits per heavy atom. The summed E-state index contributed by atoms with van der Waals surface area (Å²) in [6.07, 6.45) is 4.15. The molecule has 0 aliphatic carbocycles. The summed E-state index contributed by atoms with van der Waals surface area (Å²) in [5, 5.41) is 2.85. The van der Waals surface area contributed by atoms with E-state index in [1.54, 1.807) is 6.20 Å². The van der Waals surface area contributed by atoms with Gasteiger partial charge in [-0.3, -0.25) is 4.79 Å². The Kier molecular flexibility index (Phi) is 3.84. The van der Waals surface area contributed by atoms with Crippen LogP contribution in [0.15, 0.2) is 18.3 Å². The molecular weight excluding hydrogens is 256 g/mol. The molecule has 6 nitrogen and oxygen atoms in total. The molecule has 1 aromatic heterocycles. The van der Waals surface area contributed by atoms with E-state index in [1.165, 1.54) is 12.8 Å². The highest BCUT2D eigenvalue weighted by Crippen LogP contribution is 2.20. The molecule has 3 N–H and O–H groups in total. The van der Waals surface area contributed by atoms with Gasteiger partial charge in [0, 0.05) is 19.1 Å².